The van der Waals surface area contributed by atoms with Crippen LogP contribution >= 0.6 is 0 Å². The SMILES string of the molecule is CCCCCCN1C(=O)C(N)c2c(F)cc(F)cc21. The van der Waals surface area contributed by atoms with Gasteiger partial charge in [-0.1, -0.05) is 26.2 Å². The first kappa shape index (κ1) is 13.9. The number of rotatable bonds is 5. The van der Waals surface area contributed by atoms with Gasteiger partial charge < -0.3 is 10.6 Å². The number of benzene rings is 1. The Bertz CT molecular complexity index is 491. The lowest BCUT2D eigenvalue weighted by molar-refractivity contribution is -0.119. The lowest BCUT2D eigenvalue weighted by Gasteiger charge is -2.17. The van der Waals surface area contributed by atoms with Crippen molar-refractivity contribution in [3.63, 3.8) is 0 Å². The minimum absolute atomic E-state index is 0.113. The molecule has 0 radical (unpaired) electrons. The molecule has 3 nitrogen and oxygen atoms in total. The molecule has 0 fully saturated rings. The van der Waals surface area contributed by atoms with Gasteiger partial charge in [0.2, 0.25) is 5.91 Å². The number of hydrogen-bond donors (Lipinski definition) is 1. The van der Waals surface area contributed by atoms with Crippen LogP contribution in [0.4, 0.5) is 14.5 Å². The normalized spacial score (nSPS) is 18.0. The van der Waals surface area contributed by atoms with Crippen molar-refractivity contribution >= 4 is 11.6 Å². The summed E-state index contributed by atoms with van der Waals surface area (Å²) in [6.07, 6.45) is 3.97. The van der Waals surface area contributed by atoms with Crippen molar-refractivity contribution in [2.45, 2.75) is 38.6 Å². The molecule has 0 aromatic heterocycles. The second-order valence-electron chi connectivity index (χ2n) is 4.85. The van der Waals surface area contributed by atoms with Crippen molar-refractivity contribution in [3.05, 3.63) is 29.3 Å². The van der Waals surface area contributed by atoms with Crippen LogP contribution in [0.1, 0.15) is 44.2 Å². The van der Waals surface area contributed by atoms with E-state index in [2.05, 4.69) is 6.92 Å². The summed E-state index contributed by atoms with van der Waals surface area (Å²) in [5.41, 5.74) is 6.10. The standard InChI is InChI=1S/C14H18F2N2O/c1-2-3-4-5-6-18-11-8-9(15)7-10(16)12(11)13(17)14(18)19/h7-8,13H,2-6,17H2,1H3. The molecule has 2 rings (SSSR count). The van der Waals surface area contributed by atoms with Gasteiger partial charge in [0.05, 0.1) is 5.69 Å². The molecule has 1 unspecified atom stereocenters. The largest absolute Gasteiger partial charge is 0.316 e. The number of nitrogens with two attached hydrogens (primary N) is 1. The number of unbranched alkanes of at least 4 members (excludes halogenated alkanes) is 3. The summed E-state index contributed by atoms with van der Waals surface area (Å²) >= 11 is 0. The molecule has 19 heavy (non-hydrogen) atoms. The number of nitrogens with zero attached hydrogens (tertiary/aromatic N) is 1. The Kier molecular flexibility index (Phi) is 4.14. The smallest absolute Gasteiger partial charge is 0.248 e. The average molecular weight is 268 g/mol. The lowest BCUT2D eigenvalue weighted by Crippen LogP contribution is -2.32. The number of fused-ring (bicyclic) bond motifs is 1. The molecular weight excluding hydrogens is 250 g/mol. The quantitative estimate of drug-likeness (QED) is 0.835. The van der Waals surface area contributed by atoms with Gasteiger partial charge in [0.15, 0.2) is 0 Å². The Balaban J connectivity index is 2.21. The zero-order valence-corrected chi connectivity index (χ0v) is 11.0. The second-order valence-corrected chi connectivity index (χ2v) is 4.85. The van der Waals surface area contributed by atoms with Gasteiger partial charge in [0.1, 0.15) is 17.7 Å². The van der Waals surface area contributed by atoms with Crippen LogP contribution in [-0.2, 0) is 4.79 Å². The summed E-state index contributed by atoms with van der Waals surface area (Å²) in [7, 11) is 0. The second kappa shape index (κ2) is 5.65. The molecule has 1 aliphatic rings. The highest BCUT2D eigenvalue weighted by atomic mass is 19.1. The summed E-state index contributed by atoms with van der Waals surface area (Å²) in [6.45, 7) is 2.55. The number of amides is 1. The van der Waals surface area contributed by atoms with E-state index < -0.39 is 17.7 Å². The van der Waals surface area contributed by atoms with E-state index in [4.69, 9.17) is 5.73 Å². The zero-order valence-electron chi connectivity index (χ0n) is 11.0. The number of anilines is 1. The molecule has 1 aromatic carbocycles. The number of hydrogen-bond acceptors (Lipinski definition) is 2. The highest BCUT2D eigenvalue weighted by Gasteiger charge is 2.37. The Labute approximate surface area is 111 Å². The Morgan fingerprint density at radius 3 is 2.68 bits per heavy atom. The molecule has 1 amide bonds. The van der Waals surface area contributed by atoms with E-state index in [9.17, 15) is 13.6 Å². The molecule has 1 aliphatic heterocycles. The highest BCUT2D eigenvalue weighted by Crippen LogP contribution is 2.37. The minimum atomic E-state index is -1.01. The molecule has 5 heteroatoms. The number of halogens is 2. The molecular formula is C14H18F2N2O. The summed E-state index contributed by atoms with van der Waals surface area (Å²) in [4.78, 5) is 13.4. The predicted molar refractivity (Wildman–Crippen MR) is 69.8 cm³/mol. The van der Waals surface area contributed by atoms with Gasteiger partial charge in [-0.3, -0.25) is 4.79 Å². The molecule has 104 valence electrons. The van der Waals surface area contributed by atoms with Crippen LogP contribution in [0.3, 0.4) is 0 Å². The van der Waals surface area contributed by atoms with Crippen LogP contribution in [0.2, 0.25) is 0 Å². The molecule has 0 bridgehead atoms. The van der Waals surface area contributed by atoms with Crippen LogP contribution in [0, 0.1) is 11.6 Å². The molecule has 1 atom stereocenters. The third-order valence-corrected chi connectivity index (χ3v) is 3.44. The maximum absolute atomic E-state index is 13.7. The molecule has 1 aromatic rings. The third-order valence-electron chi connectivity index (χ3n) is 3.44. The van der Waals surface area contributed by atoms with Crippen molar-refractivity contribution in [1.29, 1.82) is 0 Å². The van der Waals surface area contributed by atoms with Crippen molar-refractivity contribution in [3.8, 4) is 0 Å². The summed E-state index contributed by atoms with van der Waals surface area (Å²) in [6, 6.07) is 0.942. The fourth-order valence-electron chi connectivity index (χ4n) is 2.44. The summed E-state index contributed by atoms with van der Waals surface area (Å²) < 4.78 is 27.0. The monoisotopic (exact) mass is 268 g/mol. The molecule has 2 N–H and O–H groups in total. The minimum Gasteiger partial charge on any atom is -0.316 e. The van der Waals surface area contributed by atoms with E-state index >= 15 is 0 Å². The number of carbonyl (C=O) groups excluding carboxylic acids is 1. The van der Waals surface area contributed by atoms with Crippen LogP contribution < -0.4 is 10.6 Å². The van der Waals surface area contributed by atoms with E-state index in [0.717, 1.165) is 31.7 Å². The van der Waals surface area contributed by atoms with Crippen LogP contribution in [0.5, 0.6) is 0 Å². The van der Waals surface area contributed by atoms with Crippen LogP contribution in [0.15, 0.2) is 12.1 Å². The summed E-state index contributed by atoms with van der Waals surface area (Å²) in [5.74, 6) is -1.78. The van der Waals surface area contributed by atoms with Crippen LogP contribution in [0.25, 0.3) is 0 Å². The van der Waals surface area contributed by atoms with E-state index in [-0.39, 0.29) is 17.2 Å². The molecule has 0 spiro atoms. The van der Waals surface area contributed by atoms with E-state index in [1.807, 2.05) is 0 Å². The Hall–Kier alpha value is -1.49. The first-order valence-electron chi connectivity index (χ1n) is 6.62. The Morgan fingerprint density at radius 1 is 1.26 bits per heavy atom. The van der Waals surface area contributed by atoms with Crippen molar-refractivity contribution in [1.82, 2.24) is 0 Å². The first-order valence-corrected chi connectivity index (χ1v) is 6.62. The van der Waals surface area contributed by atoms with Gasteiger partial charge in [-0.25, -0.2) is 8.78 Å². The molecule has 1 heterocycles. The van der Waals surface area contributed by atoms with Gasteiger partial charge >= 0.3 is 0 Å². The van der Waals surface area contributed by atoms with Crippen molar-refractivity contribution in [2.75, 3.05) is 11.4 Å². The third kappa shape index (κ3) is 2.61. The fraction of sp³-hybridized carbons (Fsp3) is 0.500. The number of carbonyl (C=O) groups is 1. The lowest BCUT2D eigenvalue weighted by atomic mass is 10.1. The van der Waals surface area contributed by atoms with E-state index in [0.29, 0.717) is 6.54 Å². The van der Waals surface area contributed by atoms with Crippen molar-refractivity contribution in [2.24, 2.45) is 5.73 Å². The fourth-order valence-corrected chi connectivity index (χ4v) is 2.44. The molecule has 0 aliphatic carbocycles. The summed E-state index contributed by atoms with van der Waals surface area (Å²) in [5, 5.41) is 0. The van der Waals surface area contributed by atoms with Gasteiger partial charge in [-0.15, -0.1) is 0 Å². The average Bonchev–Trinajstić information content (AvgIpc) is 2.59. The maximum atomic E-state index is 13.7. The zero-order chi connectivity index (χ0) is 14.0. The maximum Gasteiger partial charge on any atom is 0.248 e. The highest BCUT2D eigenvalue weighted by molar-refractivity contribution is 6.04. The molecule has 0 saturated heterocycles. The van der Waals surface area contributed by atoms with Crippen LogP contribution in [-0.4, -0.2) is 12.5 Å². The first-order chi connectivity index (χ1) is 9.06. The van der Waals surface area contributed by atoms with E-state index in [1.165, 1.54) is 11.0 Å². The predicted octanol–water partition coefficient (Wildman–Crippen LogP) is 2.89. The van der Waals surface area contributed by atoms with Gasteiger partial charge in [-0.2, -0.15) is 0 Å². The van der Waals surface area contributed by atoms with Gasteiger partial charge in [0.25, 0.3) is 0 Å². The topological polar surface area (TPSA) is 46.3 Å². The Morgan fingerprint density at radius 2 is 2.00 bits per heavy atom. The van der Waals surface area contributed by atoms with Gasteiger partial charge in [-0.05, 0) is 12.5 Å². The van der Waals surface area contributed by atoms with Gasteiger partial charge in [0, 0.05) is 18.2 Å². The van der Waals surface area contributed by atoms with Crippen molar-refractivity contribution < 1.29 is 13.6 Å². The van der Waals surface area contributed by atoms with E-state index in [1.54, 1.807) is 0 Å². The molecule has 0 saturated carbocycles.